The van der Waals surface area contributed by atoms with Gasteiger partial charge in [-0.2, -0.15) is 0 Å². The van der Waals surface area contributed by atoms with E-state index < -0.39 is 21.1 Å². The summed E-state index contributed by atoms with van der Waals surface area (Å²) in [4.78, 5) is 16.5. The van der Waals surface area contributed by atoms with E-state index >= 15 is 0 Å². The number of nitrogens with zero attached hydrogens (tertiary/aromatic N) is 1. The number of esters is 1. The van der Waals surface area contributed by atoms with Crippen LogP contribution in [-0.4, -0.2) is 37.8 Å². The molecule has 0 radical (unpaired) electrons. The van der Waals surface area contributed by atoms with Crippen LogP contribution in [0.2, 0.25) is 0 Å². The van der Waals surface area contributed by atoms with Crippen LogP contribution in [0.4, 0.5) is 5.82 Å². The summed E-state index contributed by atoms with van der Waals surface area (Å²) < 4.78 is 30.5. The van der Waals surface area contributed by atoms with Crippen molar-refractivity contribution < 1.29 is 17.9 Å². The van der Waals surface area contributed by atoms with Crippen molar-refractivity contribution in [3.8, 4) is 0 Å². The lowest BCUT2D eigenvalue weighted by Gasteiger charge is -2.17. The van der Waals surface area contributed by atoms with Crippen LogP contribution in [0.25, 0.3) is 0 Å². The largest absolute Gasteiger partial charge is 0.465 e. The van der Waals surface area contributed by atoms with E-state index in [9.17, 15) is 13.2 Å². The zero-order valence-electron chi connectivity index (χ0n) is 13.6. The fraction of sp³-hybridized carbons (Fsp3) is 0.294. The molecule has 0 bridgehead atoms. The highest BCUT2D eigenvalue weighted by Gasteiger charge is 2.35. The number of nitrogens with one attached hydrogen (secondary N) is 1. The molecule has 0 saturated heterocycles. The van der Waals surface area contributed by atoms with Crippen molar-refractivity contribution in [3.63, 3.8) is 0 Å². The highest BCUT2D eigenvalue weighted by Crippen LogP contribution is 2.18. The number of carbonyl (C=O) groups excluding carboxylic acids is 1. The molecule has 1 atom stereocenters. The minimum atomic E-state index is -3.87. The predicted molar refractivity (Wildman–Crippen MR) is 91.5 cm³/mol. The molecule has 0 fully saturated rings. The Balaban J connectivity index is 2.26. The normalized spacial score (nSPS) is 12.4. The number of sulfone groups is 1. The van der Waals surface area contributed by atoms with E-state index in [4.69, 9.17) is 4.74 Å². The van der Waals surface area contributed by atoms with Gasteiger partial charge in [0.05, 0.1) is 11.5 Å². The van der Waals surface area contributed by atoms with Gasteiger partial charge in [-0.05, 0) is 38.1 Å². The summed E-state index contributed by atoms with van der Waals surface area (Å²) in [6.45, 7) is 3.46. The second-order valence-corrected chi connectivity index (χ2v) is 7.27. The van der Waals surface area contributed by atoms with Gasteiger partial charge in [0.2, 0.25) is 0 Å². The molecule has 6 nitrogen and oxygen atoms in total. The third-order valence-electron chi connectivity index (χ3n) is 3.35. The zero-order chi connectivity index (χ0) is 17.6. The number of benzene rings is 1. The smallest absolute Gasteiger partial charge is 0.326 e. The van der Waals surface area contributed by atoms with Crippen LogP contribution in [0, 0.1) is 6.92 Å². The maximum absolute atomic E-state index is 12.8. The first-order valence-electron chi connectivity index (χ1n) is 7.58. The summed E-state index contributed by atoms with van der Waals surface area (Å²) in [7, 11) is -3.87. The number of aryl methyl sites for hydroxylation is 1. The molecule has 0 saturated carbocycles. The van der Waals surface area contributed by atoms with Crippen LogP contribution in [0.1, 0.15) is 12.6 Å². The number of anilines is 1. The van der Waals surface area contributed by atoms with Gasteiger partial charge in [-0.15, -0.1) is 0 Å². The SMILES string of the molecule is CCOC(=O)C(CNc1cccc(C)n1)S(=O)(=O)c1ccccc1. The third kappa shape index (κ3) is 4.32. The van der Waals surface area contributed by atoms with E-state index in [1.54, 1.807) is 37.3 Å². The fourth-order valence-electron chi connectivity index (χ4n) is 2.17. The average molecular weight is 348 g/mol. The van der Waals surface area contributed by atoms with Crippen LogP contribution >= 0.6 is 0 Å². The lowest BCUT2D eigenvalue weighted by atomic mass is 10.3. The summed E-state index contributed by atoms with van der Waals surface area (Å²) in [6, 6.07) is 13.2. The Morgan fingerprint density at radius 2 is 1.88 bits per heavy atom. The monoisotopic (exact) mass is 348 g/mol. The lowest BCUT2D eigenvalue weighted by Crippen LogP contribution is -2.38. The molecule has 0 spiro atoms. The number of rotatable bonds is 7. The van der Waals surface area contributed by atoms with Crippen LogP contribution in [0.3, 0.4) is 0 Å². The first-order chi connectivity index (χ1) is 11.4. The molecule has 0 aliphatic heterocycles. The standard InChI is InChI=1S/C17H20N2O4S/c1-3-23-17(20)15(12-18-16-11-7-8-13(2)19-16)24(21,22)14-9-5-4-6-10-14/h4-11,15H,3,12H2,1-2H3,(H,18,19). The van der Waals surface area contributed by atoms with Crippen molar-refractivity contribution in [2.24, 2.45) is 0 Å². The first-order valence-corrected chi connectivity index (χ1v) is 9.13. The summed E-state index contributed by atoms with van der Waals surface area (Å²) in [5.41, 5.74) is 0.790. The summed E-state index contributed by atoms with van der Waals surface area (Å²) >= 11 is 0. The van der Waals surface area contributed by atoms with Crippen LogP contribution < -0.4 is 5.32 Å². The van der Waals surface area contributed by atoms with Crippen molar-refractivity contribution in [3.05, 3.63) is 54.2 Å². The summed E-state index contributed by atoms with van der Waals surface area (Å²) in [5.74, 6) is -0.269. The summed E-state index contributed by atoms with van der Waals surface area (Å²) in [6.07, 6.45) is 0. The molecule has 1 unspecified atom stereocenters. The van der Waals surface area contributed by atoms with Crippen molar-refractivity contribution in [1.29, 1.82) is 0 Å². The topological polar surface area (TPSA) is 85.4 Å². The molecule has 0 aliphatic rings. The Labute approximate surface area is 141 Å². The zero-order valence-corrected chi connectivity index (χ0v) is 14.4. The predicted octanol–water partition coefficient (Wildman–Crippen LogP) is 2.21. The van der Waals surface area contributed by atoms with Gasteiger partial charge in [0.1, 0.15) is 5.82 Å². The van der Waals surface area contributed by atoms with Gasteiger partial charge < -0.3 is 10.1 Å². The molecular formula is C17H20N2O4S. The Morgan fingerprint density at radius 3 is 2.50 bits per heavy atom. The van der Waals surface area contributed by atoms with E-state index in [0.29, 0.717) is 5.82 Å². The molecular weight excluding hydrogens is 328 g/mol. The molecule has 0 amide bonds. The minimum Gasteiger partial charge on any atom is -0.465 e. The number of carbonyl (C=O) groups is 1. The number of pyridine rings is 1. The van der Waals surface area contributed by atoms with Gasteiger partial charge >= 0.3 is 5.97 Å². The highest BCUT2D eigenvalue weighted by atomic mass is 32.2. The van der Waals surface area contributed by atoms with E-state index in [-0.39, 0.29) is 18.0 Å². The average Bonchev–Trinajstić information content (AvgIpc) is 2.56. The third-order valence-corrected chi connectivity index (χ3v) is 5.39. The van der Waals surface area contributed by atoms with E-state index in [1.807, 2.05) is 13.0 Å². The second kappa shape index (κ2) is 7.92. The Bertz CT molecular complexity index is 791. The molecule has 2 rings (SSSR count). The molecule has 1 aromatic heterocycles. The van der Waals surface area contributed by atoms with Crippen molar-refractivity contribution in [2.45, 2.75) is 24.0 Å². The van der Waals surface area contributed by atoms with Crippen LogP contribution in [0.5, 0.6) is 0 Å². The van der Waals surface area contributed by atoms with Crippen molar-refractivity contribution in [2.75, 3.05) is 18.5 Å². The van der Waals surface area contributed by atoms with E-state index in [0.717, 1.165) is 5.69 Å². The molecule has 2 aromatic rings. The van der Waals surface area contributed by atoms with Gasteiger partial charge in [0.25, 0.3) is 0 Å². The van der Waals surface area contributed by atoms with Gasteiger partial charge in [-0.3, -0.25) is 4.79 Å². The van der Waals surface area contributed by atoms with Crippen LogP contribution in [-0.2, 0) is 19.4 Å². The second-order valence-electron chi connectivity index (χ2n) is 5.14. The molecule has 24 heavy (non-hydrogen) atoms. The number of ether oxygens (including phenoxy) is 1. The van der Waals surface area contributed by atoms with E-state index in [1.165, 1.54) is 12.1 Å². The van der Waals surface area contributed by atoms with Crippen molar-refractivity contribution in [1.82, 2.24) is 4.98 Å². The molecule has 0 aliphatic carbocycles. The van der Waals surface area contributed by atoms with Gasteiger partial charge in [0.15, 0.2) is 15.1 Å². The Hall–Kier alpha value is -2.41. The van der Waals surface area contributed by atoms with Gasteiger partial charge in [0, 0.05) is 12.2 Å². The maximum Gasteiger partial charge on any atom is 0.326 e. The van der Waals surface area contributed by atoms with Gasteiger partial charge in [-0.1, -0.05) is 24.3 Å². The van der Waals surface area contributed by atoms with Crippen molar-refractivity contribution >= 4 is 21.6 Å². The van der Waals surface area contributed by atoms with E-state index in [2.05, 4.69) is 10.3 Å². The molecule has 1 heterocycles. The molecule has 7 heteroatoms. The number of hydrogen-bond acceptors (Lipinski definition) is 6. The molecule has 1 aromatic carbocycles. The summed E-state index contributed by atoms with van der Waals surface area (Å²) in [5, 5.41) is 1.56. The number of aromatic nitrogens is 1. The van der Waals surface area contributed by atoms with Gasteiger partial charge in [-0.25, -0.2) is 13.4 Å². The Morgan fingerprint density at radius 1 is 1.17 bits per heavy atom. The minimum absolute atomic E-state index is 0.0852. The maximum atomic E-state index is 12.8. The first kappa shape index (κ1) is 17.9. The van der Waals surface area contributed by atoms with Crippen LogP contribution in [0.15, 0.2) is 53.4 Å². The lowest BCUT2D eigenvalue weighted by molar-refractivity contribution is -0.142. The molecule has 1 N–H and O–H groups in total. The quantitative estimate of drug-likeness (QED) is 0.772. The number of hydrogen-bond donors (Lipinski definition) is 1. The molecule has 128 valence electrons. The Kier molecular flexibility index (Phi) is 5.92. The highest BCUT2D eigenvalue weighted by molar-refractivity contribution is 7.92. The fourth-order valence-corrected chi connectivity index (χ4v) is 3.66.